The van der Waals surface area contributed by atoms with Crippen molar-refractivity contribution >= 4 is 23.3 Å². The summed E-state index contributed by atoms with van der Waals surface area (Å²) in [7, 11) is 3.20. The molecule has 0 atom stereocenters. The van der Waals surface area contributed by atoms with Crippen LogP contribution in [0, 0.1) is 0 Å². The number of anilines is 1. The van der Waals surface area contributed by atoms with Crippen molar-refractivity contribution < 1.29 is 14.3 Å². The average Bonchev–Trinajstić information content (AvgIpc) is 2.72. The molecule has 0 unspecified atom stereocenters. The molecule has 144 valence electrons. The predicted octanol–water partition coefficient (Wildman–Crippen LogP) is 2.78. The van der Waals surface area contributed by atoms with Crippen LogP contribution in [0.15, 0.2) is 36.5 Å². The molecule has 1 N–H and O–H groups in total. The second-order valence-electron chi connectivity index (χ2n) is 6.11. The summed E-state index contributed by atoms with van der Waals surface area (Å²) in [4.78, 5) is 20.6. The lowest BCUT2D eigenvalue weighted by Gasteiger charge is -2.36. The van der Waals surface area contributed by atoms with Gasteiger partial charge in [0.25, 0.3) is 0 Å². The van der Waals surface area contributed by atoms with E-state index in [0.717, 1.165) is 11.4 Å². The van der Waals surface area contributed by atoms with Crippen molar-refractivity contribution in [1.82, 2.24) is 15.2 Å². The Morgan fingerprint density at radius 3 is 2.52 bits per heavy atom. The highest BCUT2D eigenvalue weighted by Gasteiger charge is 2.24. The fraction of sp³-hybridized carbons (Fsp3) is 0.368. The van der Waals surface area contributed by atoms with Gasteiger partial charge in [-0.3, -0.25) is 4.98 Å². The van der Waals surface area contributed by atoms with Gasteiger partial charge in [-0.05, 0) is 12.1 Å². The van der Waals surface area contributed by atoms with Gasteiger partial charge in [0, 0.05) is 44.5 Å². The molecule has 7 nitrogen and oxygen atoms in total. The summed E-state index contributed by atoms with van der Waals surface area (Å²) in [6.07, 6.45) is 1.72. The Bertz CT molecular complexity index is 780. The number of pyridine rings is 1. The number of amides is 2. The number of carbonyl (C=O) groups excluding carboxylic acids is 1. The van der Waals surface area contributed by atoms with Gasteiger partial charge in [-0.2, -0.15) is 0 Å². The van der Waals surface area contributed by atoms with Crippen LogP contribution in [0.3, 0.4) is 0 Å². The lowest BCUT2D eigenvalue weighted by molar-refractivity contribution is 0.193. The first-order valence-electron chi connectivity index (χ1n) is 8.71. The quantitative estimate of drug-likeness (QED) is 0.850. The van der Waals surface area contributed by atoms with Crippen molar-refractivity contribution in [2.45, 2.75) is 6.54 Å². The lowest BCUT2D eigenvalue weighted by atomic mass is 10.2. The van der Waals surface area contributed by atoms with Crippen LogP contribution in [-0.4, -0.2) is 56.3 Å². The summed E-state index contributed by atoms with van der Waals surface area (Å²) in [6.45, 7) is 3.03. The summed E-state index contributed by atoms with van der Waals surface area (Å²) >= 11 is 6.18. The second kappa shape index (κ2) is 8.81. The number of halogens is 1. The number of aromatic nitrogens is 1. The Kier molecular flexibility index (Phi) is 6.24. The predicted molar refractivity (Wildman–Crippen MR) is 105 cm³/mol. The van der Waals surface area contributed by atoms with E-state index in [4.69, 9.17) is 21.1 Å². The molecular formula is C19H23ClN4O3. The summed E-state index contributed by atoms with van der Waals surface area (Å²) in [5.74, 6) is 1.29. The van der Waals surface area contributed by atoms with Gasteiger partial charge in [0.2, 0.25) is 0 Å². The topological polar surface area (TPSA) is 66.9 Å². The number of nitrogens with one attached hydrogen (secondary N) is 1. The van der Waals surface area contributed by atoms with Gasteiger partial charge in [-0.15, -0.1) is 0 Å². The number of urea groups is 1. The molecule has 1 aromatic heterocycles. The molecule has 3 rings (SSSR count). The number of hydrogen-bond donors (Lipinski definition) is 1. The third kappa shape index (κ3) is 4.54. The molecule has 1 saturated heterocycles. The van der Waals surface area contributed by atoms with E-state index in [-0.39, 0.29) is 6.03 Å². The third-order valence-electron chi connectivity index (χ3n) is 4.51. The number of rotatable bonds is 5. The molecule has 0 aliphatic carbocycles. The Morgan fingerprint density at radius 2 is 1.89 bits per heavy atom. The van der Waals surface area contributed by atoms with E-state index >= 15 is 0 Å². The van der Waals surface area contributed by atoms with Crippen LogP contribution in [-0.2, 0) is 6.54 Å². The molecule has 0 saturated carbocycles. The molecule has 1 aliphatic heterocycles. The van der Waals surface area contributed by atoms with Crippen LogP contribution >= 0.6 is 11.6 Å². The van der Waals surface area contributed by atoms with Gasteiger partial charge in [0.1, 0.15) is 11.5 Å². The van der Waals surface area contributed by atoms with E-state index in [1.165, 1.54) is 0 Å². The van der Waals surface area contributed by atoms with Crippen molar-refractivity contribution in [2.75, 3.05) is 45.3 Å². The largest absolute Gasteiger partial charge is 0.495 e. The SMILES string of the molecule is COc1cc(N2CCN(C(=O)NCc3ccccn3)CC2)c(OC)cc1Cl. The Balaban J connectivity index is 1.59. The van der Waals surface area contributed by atoms with Crippen LogP contribution in [0.25, 0.3) is 0 Å². The van der Waals surface area contributed by atoms with Crippen molar-refractivity contribution in [2.24, 2.45) is 0 Å². The van der Waals surface area contributed by atoms with E-state index < -0.39 is 0 Å². The summed E-state index contributed by atoms with van der Waals surface area (Å²) in [6, 6.07) is 9.19. The molecule has 8 heteroatoms. The molecule has 0 bridgehead atoms. The normalized spacial score (nSPS) is 14.0. The first kappa shape index (κ1) is 19.1. The smallest absolute Gasteiger partial charge is 0.317 e. The molecule has 1 aliphatic rings. The van der Waals surface area contributed by atoms with Crippen molar-refractivity contribution in [1.29, 1.82) is 0 Å². The zero-order valence-electron chi connectivity index (χ0n) is 15.4. The second-order valence-corrected chi connectivity index (χ2v) is 6.52. The Labute approximate surface area is 163 Å². The monoisotopic (exact) mass is 390 g/mol. The minimum absolute atomic E-state index is 0.0824. The third-order valence-corrected chi connectivity index (χ3v) is 4.80. The van der Waals surface area contributed by atoms with E-state index in [2.05, 4.69) is 15.2 Å². The van der Waals surface area contributed by atoms with Gasteiger partial charge in [0.05, 0.1) is 37.2 Å². The van der Waals surface area contributed by atoms with Crippen LogP contribution in [0.5, 0.6) is 11.5 Å². The number of nitrogens with zero attached hydrogens (tertiary/aromatic N) is 3. The van der Waals surface area contributed by atoms with Gasteiger partial charge >= 0.3 is 6.03 Å². The van der Waals surface area contributed by atoms with E-state index in [0.29, 0.717) is 49.2 Å². The van der Waals surface area contributed by atoms with Crippen molar-refractivity contribution in [3.8, 4) is 11.5 Å². The molecule has 27 heavy (non-hydrogen) atoms. The average molecular weight is 391 g/mol. The highest BCUT2D eigenvalue weighted by Crippen LogP contribution is 2.38. The number of benzene rings is 1. The Morgan fingerprint density at radius 1 is 1.15 bits per heavy atom. The molecular weight excluding hydrogens is 368 g/mol. The minimum Gasteiger partial charge on any atom is -0.495 e. The van der Waals surface area contributed by atoms with Gasteiger partial charge in [-0.25, -0.2) is 4.79 Å². The van der Waals surface area contributed by atoms with Gasteiger partial charge in [0.15, 0.2) is 0 Å². The van der Waals surface area contributed by atoms with Crippen LogP contribution < -0.4 is 19.7 Å². The summed E-state index contributed by atoms with van der Waals surface area (Å²) in [5, 5.41) is 3.42. The molecule has 2 aromatic rings. The van der Waals surface area contributed by atoms with E-state index in [1.54, 1.807) is 31.4 Å². The molecule has 2 heterocycles. The van der Waals surface area contributed by atoms with Crippen molar-refractivity contribution in [3.05, 3.63) is 47.2 Å². The van der Waals surface area contributed by atoms with Crippen LogP contribution in [0.2, 0.25) is 5.02 Å². The van der Waals surface area contributed by atoms with Crippen LogP contribution in [0.1, 0.15) is 5.69 Å². The summed E-state index contributed by atoms with van der Waals surface area (Å²) < 4.78 is 10.8. The van der Waals surface area contributed by atoms with Crippen molar-refractivity contribution in [3.63, 3.8) is 0 Å². The molecule has 0 radical (unpaired) electrons. The number of ether oxygens (including phenoxy) is 2. The molecule has 2 amide bonds. The van der Waals surface area contributed by atoms with E-state index in [1.807, 2.05) is 24.3 Å². The fourth-order valence-electron chi connectivity index (χ4n) is 3.02. The van der Waals surface area contributed by atoms with Gasteiger partial charge < -0.3 is 24.6 Å². The Hall–Kier alpha value is -2.67. The fourth-order valence-corrected chi connectivity index (χ4v) is 3.25. The first-order chi connectivity index (χ1) is 13.1. The number of carbonyl (C=O) groups is 1. The maximum absolute atomic E-state index is 12.4. The first-order valence-corrected chi connectivity index (χ1v) is 9.09. The van der Waals surface area contributed by atoms with Crippen LogP contribution in [0.4, 0.5) is 10.5 Å². The highest BCUT2D eigenvalue weighted by molar-refractivity contribution is 6.32. The summed E-state index contributed by atoms with van der Waals surface area (Å²) in [5.41, 5.74) is 1.75. The molecule has 1 fully saturated rings. The van der Waals surface area contributed by atoms with E-state index in [9.17, 15) is 4.79 Å². The lowest BCUT2D eigenvalue weighted by Crippen LogP contribution is -2.51. The highest BCUT2D eigenvalue weighted by atomic mass is 35.5. The standard InChI is InChI=1S/C19H23ClN4O3/c1-26-17-12-16(18(27-2)11-15(17)20)23-7-9-24(10-8-23)19(25)22-13-14-5-3-4-6-21-14/h3-6,11-12H,7-10,13H2,1-2H3,(H,22,25). The van der Waals surface area contributed by atoms with Gasteiger partial charge in [-0.1, -0.05) is 17.7 Å². The number of methoxy groups -OCH3 is 2. The molecule has 0 spiro atoms. The maximum Gasteiger partial charge on any atom is 0.317 e. The number of hydrogen-bond acceptors (Lipinski definition) is 5. The number of piperazine rings is 1. The molecule has 1 aromatic carbocycles. The maximum atomic E-state index is 12.4. The zero-order chi connectivity index (χ0) is 19.2. The minimum atomic E-state index is -0.0824. The zero-order valence-corrected chi connectivity index (χ0v) is 16.2.